The van der Waals surface area contributed by atoms with Crippen molar-refractivity contribution >= 4 is 50.4 Å². The number of phenolic OH excluding ortho intramolecular Hbond substituents is 1. The van der Waals surface area contributed by atoms with Gasteiger partial charge in [0.25, 0.3) is 0 Å². The second kappa shape index (κ2) is 6.67. The van der Waals surface area contributed by atoms with Crippen molar-refractivity contribution in [3.63, 3.8) is 0 Å². The zero-order valence-corrected chi connectivity index (χ0v) is 13.9. The Morgan fingerprint density at radius 1 is 1.47 bits per heavy atom. The van der Waals surface area contributed by atoms with Crippen molar-refractivity contribution in [3.05, 3.63) is 20.6 Å². The summed E-state index contributed by atoms with van der Waals surface area (Å²) in [6.07, 6.45) is 0.214. The van der Waals surface area contributed by atoms with Crippen LogP contribution in [-0.2, 0) is 4.74 Å². The van der Waals surface area contributed by atoms with E-state index in [4.69, 9.17) is 9.47 Å². The van der Waals surface area contributed by atoms with Gasteiger partial charge in [-0.25, -0.2) is 4.79 Å². The molecule has 1 saturated heterocycles. The first kappa shape index (κ1) is 16.4. The van der Waals surface area contributed by atoms with Gasteiger partial charge in [0.15, 0.2) is 11.5 Å². The van der Waals surface area contributed by atoms with Crippen molar-refractivity contribution in [1.29, 1.82) is 0 Å². The molecule has 0 unspecified atom stereocenters. The molecule has 1 amide bonds. The molecule has 0 radical (unpaired) electrons. The molecule has 1 aromatic carbocycles. The molecule has 106 valence electrons. The lowest BCUT2D eigenvalue weighted by Crippen LogP contribution is -2.35. The highest BCUT2D eigenvalue weighted by Crippen LogP contribution is 2.44. The van der Waals surface area contributed by atoms with Crippen molar-refractivity contribution < 1.29 is 19.4 Å². The van der Waals surface area contributed by atoms with Gasteiger partial charge < -0.3 is 19.9 Å². The Morgan fingerprint density at radius 2 is 2.16 bits per heavy atom. The number of alkyl carbamates (subject to hydrolysis) is 1. The third kappa shape index (κ3) is 3.27. The van der Waals surface area contributed by atoms with E-state index in [0.29, 0.717) is 27.7 Å². The summed E-state index contributed by atoms with van der Waals surface area (Å²) in [6, 6.07) is 1.52. The van der Waals surface area contributed by atoms with Crippen LogP contribution in [0.2, 0.25) is 0 Å². The van der Waals surface area contributed by atoms with Crippen LogP contribution in [-0.4, -0.2) is 24.9 Å². The highest BCUT2D eigenvalue weighted by atomic mass is 79.9. The molecule has 0 aromatic heterocycles. The number of amides is 1. The summed E-state index contributed by atoms with van der Waals surface area (Å²) in [5, 5.41) is 12.6. The molecular formula is C11H12Br2ClNO4. The van der Waals surface area contributed by atoms with Gasteiger partial charge in [0.2, 0.25) is 0 Å². The van der Waals surface area contributed by atoms with Gasteiger partial charge in [-0.3, -0.25) is 0 Å². The summed E-state index contributed by atoms with van der Waals surface area (Å²) in [7, 11) is 1.47. The number of rotatable bonds is 2. The third-order valence-corrected chi connectivity index (χ3v) is 4.86. The van der Waals surface area contributed by atoms with Crippen LogP contribution in [0.25, 0.3) is 0 Å². The SMILES string of the molecule is COc1cc([C@H]2CCOC(=O)N2)c(Br)c(Br)c1O.Cl. The monoisotopic (exact) mass is 415 g/mol. The molecule has 2 N–H and O–H groups in total. The van der Waals surface area contributed by atoms with E-state index < -0.39 is 6.09 Å². The molecule has 0 saturated carbocycles. The molecule has 1 heterocycles. The quantitative estimate of drug-likeness (QED) is 0.773. The van der Waals surface area contributed by atoms with E-state index in [0.717, 1.165) is 5.56 Å². The normalized spacial score (nSPS) is 18.1. The second-order valence-electron chi connectivity index (χ2n) is 3.77. The summed E-state index contributed by atoms with van der Waals surface area (Å²) in [5.74, 6) is 0.368. The van der Waals surface area contributed by atoms with Crippen LogP contribution in [0.4, 0.5) is 4.79 Å². The largest absolute Gasteiger partial charge is 0.503 e. The number of cyclic esters (lactones) is 1. The molecule has 2 rings (SSSR count). The van der Waals surface area contributed by atoms with Crippen LogP contribution >= 0.6 is 44.3 Å². The number of methoxy groups -OCH3 is 1. The highest BCUT2D eigenvalue weighted by molar-refractivity contribution is 9.13. The van der Waals surface area contributed by atoms with Crippen LogP contribution in [0.15, 0.2) is 15.0 Å². The smallest absolute Gasteiger partial charge is 0.407 e. The van der Waals surface area contributed by atoms with Crippen LogP contribution < -0.4 is 10.1 Å². The highest BCUT2D eigenvalue weighted by Gasteiger charge is 2.26. The van der Waals surface area contributed by atoms with E-state index in [1.165, 1.54) is 7.11 Å². The van der Waals surface area contributed by atoms with E-state index in [1.807, 2.05) is 0 Å². The number of hydrogen-bond donors (Lipinski definition) is 2. The Balaban J connectivity index is 0.00000180. The molecule has 1 atom stereocenters. The number of halogens is 3. The van der Waals surface area contributed by atoms with Crippen molar-refractivity contribution in [2.45, 2.75) is 12.5 Å². The average molecular weight is 417 g/mol. The molecule has 1 fully saturated rings. The minimum atomic E-state index is -0.443. The molecular weight excluding hydrogens is 405 g/mol. The summed E-state index contributed by atoms with van der Waals surface area (Å²) in [5.41, 5.74) is 0.827. The topological polar surface area (TPSA) is 67.8 Å². The number of phenols is 1. The van der Waals surface area contributed by atoms with Crippen LogP contribution in [0.5, 0.6) is 11.5 Å². The zero-order valence-electron chi connectivity index (χ0n) is 9.91. The van der Waals surface area contributed by atoms with E-state index in [9.17, 15) is 9.90 Å². The molecule has 5 nitrogen and oxygen atoms in total. The summed E-state index contributed by atoms with van der Waals surface area (Å²) < 4.78 is 11.1. The minimum Gasteiger partial charge on any atom is -0.503 e. The fourth-order valence-electron chi connectivity index (χ4n) is 1.78. The van der Waals surface area contributed by atoms with Gasteiger partial charge in [0, 0.05) is 10.9 Å². The van der Waals surface area contributed by atoms with Crippen molar-refractivity contribution in [3.8, 4) is 11.5 Å². The fraction of sp³-hybridized carbons (Fsp3) is 0.364. The zero-order chi connectivity index (χ0) is 13.3. The molecule has 1 aliphatic heterocycles. The van der Waals surface area contributed by atoms with Crippen molar-refractivity contribution in [2.75, 3.05) is 13.7 Å². The Bertz CT molecular complexity index is 498. The van der Waals surface area contributed by atoms with Crippen LogP contribution in [0.3, 0.4) is 0 Å². The third-order valence-electron chi connectivity index (χ3n) is 2.70. The molecule has 8 heteroatoms. The van der Waals surface area contributed by atoms with Gasteiger partial charge >= 0.3 is 6.09 Å². The maximum Gasteiger partial charge on any atom is 0.407 e. The Morgan fingerprint density at radius 3 is 2.74 bits per heavy atom. The molecule has 1 aromatic rings. The molecule has 0 bridgehead atoms. The van der Waals surface area contributed by atoms with Crippen LogP contribution in [0, 0.1) is 0 Å². The maximum absolute atomic E-state index is 11.2. The Kier molecular flexibility index (Phi) is 5.76. The van der Waals surface area contributed by atoms with Gasteiger partial charge in [-0.1, -0.05) is 0 Å². The van der Waals surface area contributed by atoms with Gasteiger partial charge in [0.05, 0.1) is 24.2 Å². The van der Waals surface area contributed by atoms with Crippen LogP contribution in [0.1, 0.15) is 18.0 Å². The number of carbonyl (C=O) groups is 1. The predicted molar refractivity (Wildman–Crippen MR) is 79.1 cm³/mol. The number of hydrogen-bond acceptors (Lipinski definition) is 4. The van der Waals surface area contributed by atoms with Crippen molar-refractivity contribution in [2.24, 2.45) is 0 Å². The number of benzene rings is 1. The number of ether oxygens (including phenoxy) is 2. The van der Waals surface area contributed by atoms with E-state index in [1.54, 1.807) is 6.07 Å². The van der Waals surface area contributed by atoms with Gasteiger partial charge in [0.1, 0.15) is 0 Å². The first-order valence-corrected chi connectivity index (χ1v) is 6.81. The average Bonchev–Trinajstić information content (AvgIpc) is 2.36. The van der Waals surface area contributed by atoms with Gasteiger partial charge in [-0.2, -0.15) is 0 Å². The molecule has 0 spiro atoms. The summed E-state index contributed by atoms with van der Waals surface area (Å²) >= 11 is 6.68. The molecule has 0 aliphatic carbocycles. The lowest BCUT2D eigenvalue weighted by molar-refractivity contribution is 0.115. The number of nitrogens with one attached hydrogen (secondary N) is 1. The number of aromatic hydroxyl groups is 1. The minimum absolute atomic E-state index is 0. The first-order chi connectivity index (χ1) is 8.54. The molecule has 1 aliphatic rings. The fourth-order valence-corrected chi connectivity index (χ4v) is 2.78. The predicted octanol–water partition coefficient (Wildman–Crippen LogP) is 3.52. The second-order valence-corrected chi connectivity index (χ2v) is 5.35. The van der Waals surface area contributed by atoms with E-state index in [-0.39, 0.29) is 24.2 Å². The molecule has 19 heavy (non-hydrogen) atoms. The summed E-state index contributed by atoms with van der Waals surface area (Å²) in [6.45, 7) is 0.365. The number of carbonyl (C=O) groups excluding carboxylic acids is 1. The van der Waals surface area contributed by atoms with E-state index >= 15 is 0 Å². The summed E-state index contributed by atoms with van der Waals surface area (Å²) in [4.78, 5) is 11.2. The lowest BCUT2D eigenvalue weighted by atomic mass is 10.0. The van der Waals surface area contributed by atoms with Crippen molar-refractivity contribution in [1.82, 2.24) is 5.32 Å². The lowest BCUT2D eigenvalue weighted by Gasteiger charge is -2.25. The Hall–Kier alpha value is -0.660. The Labute approximate surface area is 133 Å². The van der Waals surface area contributed by atoms with Gasteiger partial charge in [-0.15, -0.1) is 12.4 Å². The van der Waals surface area contributed by atoms with Gasteiger partial charge in [-0.05, 0) is 43.5 Å². The van der Waals surface area contributed by atoms with E-state index in [2.05, 4.69) is 37.2 Å². The first-order valence-electron chi connectivity index (χ1n) is 5.22. The standard InChI is InChI=1S/C11H11Br2NO4.ClH/c1-17-7-4-5(8(12)9(13)10(7)15)6-2-3-18-11(16)14-6;/h4,6,15H,2-3H2,1H3,(H,14,16);1H/t6-;/m1./s1. The maximum atomic E-state index is 11.2.